The lowest BCUT2D eigenvalue weighted by Crippen LogP contribution is -2.16. The number of allylic oxidation sites excluding steroid dienone is 3. The Morgan fingerprint density at radius 3 is 2.29 bits per heavy atom. The maximum absolute atomic E-state index is 12.3. The number of carbonyl (C=O) groups excluding carboxylic acids is 1. The lowest BCUT2D eigenvalue weighted by molar-refractivity contribution is 0.102. The first-order valence-corrected chi connectivity index (χ1v) is 10.2. The van der Waals surface area contributed by atoms with Crippen LogP contribution in [0.1, 0.15) is 10.4 Å². The fourth-order valence-electron chi connectivity index (χ4n) is 3.12. The van der Waals surface area contributed by atoms with Gasteiger partial charge in [0.05, 0.1) is 5.71 Å². The molecule has 0 aromatic heterocycles. The van der Waals surface area contributed by atoms with Gasteiger partial charge in [0.2, 0.25) is 0 Å². The van der Waals surface area contributed by atoms with Crippen LogP contribution in [0.25, 0.3) is 0 Å². The highest BCUT2D eigenvalue weighted by atomic mass is 16.3. The van der Waals surface area contributed by atoms with E-state index in [9.17, 15) is 20.1 Å². The zero-order valence-corrected chi connectivity index (χ0v) is 17.8. The van der Waals surface area contributed by atoms with Crippen molar-refractivity contribution >= 4 is 34.4 Å². The fourth-order valence-corrected chi connectivity index (χ4v) is 3.12. The molecule has 0 atom stereocenters. The number of benzene rings is 3. The van der Waals surface area contributed by atoms with Gasteiger partial charge in [0.15, 0.2) is 11.5 Å². The molecular formula is C25H21N5O4. The Hall–Kier alpha value is -5.05. The van der Waals surface area contributed by atoms with E-state index in [-0.39, 0.29) is 28.8 Å². The van der Waals surface area contributed by atoms with Crippen molar-refractivity contribution in [1.82, 2.24) is 0 Å². The molecule has 0 bridgehead atoms. The quantitative estimate of drug-likeness (QED) is 0.127. The highest BCUT2D eigenvalue weighted by Gasteiger charge is 2.12. The van der Waals surface area contributed by atoms with Gasteiger partial charge >= 0.3 is 0 Å². The van der Waals surface area contributed by atoms with Crippen LogP contribution in [0.15, 0.2) is 95.8 Å². The molecule has 1 aliphatic carbocycles. The van der Waals surface area contributed by atoms with E-state index in [1.807, 2.05) is 6.07 Å². The molecule has 0 saturated carbocycles. The average molecular weight is 455 g/mol. The third kappa shape index (κ3) is 5.22. The topological polar surface area (TPSA) is 150 Å². The van der Waals surface area contributed by atoms with Gasteiger partial charge in [-0.1, -0.05) is 18.2 Å². The predicted octanol–water partition coefficient (Wildman–Crippen LogP) is 4.41. The van der Waals surface area contributed by atoms with Crippen LogP contribution in [-0.4, -0.2) is 32.7 Å². The number of aromatic hydroxyl groups is 3. The summed E-state index contributed by atoms with van der Waals surface area (Å²) in [6, 6.07) is 18.3. The Labute approximate surface area is 194 Å². The van der Waals surface area contributed by atoms with Crippen molar-refractivity contribution in [2.75, 3.05) is 16.1 Å². The molecule has 170 valence electrons. The molecule has 0 unspecified atom stereocenters. The van der Waals surface area contributed by atoms with Gasteiger partial charge in [-0.3, -0.25) is 15.6 Å². The Morgan fingerprint density at radius 1 is 0.882 bits per heavy atom. The third-order valence-corrected chi connectivity index (χ3v) is 4.84. The number of nitrogens with zero attached hydrogens (tertiary/aromatic N) is 1. The fraction of sp³-hybridized carbons (Fsp3) is 0. The monoisotopic (exact) mass is 455 g/mol. The smallest absolute Gasteiger partial charge is 0.255 e. The van der Waals surface area contributed by atoms with E-state index >= 15 is 0 Å². The van der Waals surface area contributed by atoms with Gasteiger partial charge in [-0.2, -0.15) is 5.10 Å². The Kier molecular flexibility index (Phi) is 6.26. The van der Waals surface area contributed by atoms with Crippen LogP contribution in [0, 0.1) is 5.41 Å². The zero-order chi connectivity index (χ0) is 24.1. The second-order valence-electron chi connectivity index (χ2n) is 7.34. The molecule has 9 heteroatoms. The Morgan fingerprint density at radius 2 is 1.59 bits per heavy atom. The summed E-state index contributed by atoms with van der Waals surface area (Å²) in [7, 11) is 0. The van der Waals surface area contributed by atoms with E-state index in [4.69, 9.17) is 5.41 Å². The van der Waals surface area contributed by atoms with Gasteiger partial charge in [0.1, 0.15) is 17.1 Å². The second-order valence-corrected chi connectivity index (χ2v) is 7.34. The average Bonchev–Trinajstić information content (AvgIpc) is 2.83. The minimum Gasteiger partial charge on any atom is -0.508 e. The Bertz CT molecular complexity index is 1330. The summed E-state index contributed by atoms with van der Waals surface area (Å²) in [6.07, 6.45) is 4.90. The first-order chi connectivity index (χ1) is 16.4. The van der Waals surface area contributed by atoms with E-state index in [0.717, 1.165) is 11.8 Å². The van der Waals surface area contributed by atoms with Crippen molar-refractivity contribution < 1.29 is 20.1 Å². The molecule has 3 aromatic rings. The lowest BCUT2D eigenvalue weighted by atomic mass is 10.1. The summed E-state index contributed by atoms with van der Waals surface area (Å²) in [6.45, 7) is 0. The number of anilines is 3. The number of phenols is 3. The number of nitrogens with one attached hydrogen (secondary N) is 4. The highest BCUT2D eigenvalue weighted by Crippen LogP contribution is 2.37. The van der Waals surface area contributed by atoms with Crippen LogP contribution >= 0.6 is 0 Å². The number of rotatable bonds is 6. The standard InChI is InChI=1S/C25H21N5O4/c26-20-12-18(10-11-21(20)29-30-22-13-19(31)14-23(32)24(22)33)27-16-6-8-17(9-7-16)28-25(34)15-4-2-1-3-5-15/h1-14,26-27,30-33H,(H,28,34)/b26-20?,29-21-. The summed E-state index contributed by atoms with van der Waals surface area (Å²) in [4.78, 5) is 12.3. The van der Waals surface area contributed by atoms with Crippen LogP contribution in [-0.2, 0) is 0 Å². The molecule has 3 aromatic carbocycles. The van der Waals surface area contributed by atoms with E-state index in [1.54, 1.807) is 66.8 Å². The van der Waals surface area contributed by atoms with E-state index in [0.29, 0.717) is 16.9 Å². The van der Waals surface area contributed by atoms with Crippen LogP contribution in [0.5, 0.6) is 17.2 Å². The number of hydrogen-bond donors (Lipinski definition) is 7. The van der Waals surface area contributed by atoms with Crippen molar-refractivity contribution in [2.24, 2.45) is 5.10 Å². The van der Waals surface area contributed by atoms with E-state index < -0.39 is 11.5 Å². The van der Waals surface area contributed by atoms with Crippen molar-refractivity contribution in [3.63, 3.8) is 0 Å². The van der Waals surface area contributed by atoms with Gasteiger partial charge in [0.25, 0.3) is 5.91 Å². The minimum atomic E-state index is -0.492. The molecule has 4 rings (SSSR count). The van der Waals surface area contributed by atoms with Crippen LogP contribution < -0.4 is 16.1 Å². The van der Waals surface area contributed by atoms with Crippen molar-refractivity contribution in [2.45, 2.75) is 0 Å². The first-order valence-electron chi connectivity index (χ1n) is 10.2. The number of hydrazone groups is 1. The highest BCUT2D eigenvalue weighted by molar-refractivity contribution is 6.50. The number of amides is 1. The molecule has 34 heavy (non-hydrogen) atoms. The predicted molar refractivity (Wildman–Crippen MR) is 132 cm³/mol. The molecule has 7 N–H and O–H groups in total. The molecule has 0 spiro atoms. The van der Waals surface area contributed by atoms with Crippen LogP contribution in [0.3, 0.4) is 0 Å². The van der Waals surface area contributed by atoms with Gasteiger partial charge in [-0.25, -0.2) is 0 Å². The van der Waals surface area contributed by atoms with Gasteiger partial charge in [-0.05, 0) is 54.6 Å². The zero-order valence-electron chi connectivity index (χ0n) is 17.8. The summed E-state index contributed by atoms with van der Waals surface area (Å²) in [5.74, 6) is -1.39. The summed E-state index contributed by atoms with van der Waals surface area (Å²) in [5.41, 5.74) is 5.57. The maximum atomic E-state index is 12.3. The van der Waals surface area contributed by atoms with Crippen molar-refractivity contribution in [1.29, 1.82) is 5.41 Å². The van der Waals surface area contributed by atoms with E-state index in [2.05, 4.69) is 21.2 Å². The summed E-state index contributed by atoms with van der Waals surface area (Å²) >= 11 is 0. The second kappa shape index (κ2) is 9.61. The van der Waals surface area contributed by atoms with Crippen LogP contribution in [0.2, 0.25) is 0 Å². The molecule has 9 nitrogen and oxygen atoms in total. The Balaban J connectivity index is 1.37. The molecular weight excluding hydrogens is 434 g/mol. The number of carbonyl (C=O) groups is 1. The number of phenolic OH excluding ortho intramolecular Hbond substituents is 3. The summed E-state index contributed by atoms with van der Waals surface area (Å²) < 4.78 is 0. The van der Waals surface area contributed by atoms with Gasteiger partial charge in [0, 0.05) is 34.8 Å². The van der Waals surface area contributed by atoms with E-state index in [1.165, 1.54) is 6.07 Å². The normalized spacial score (nSPS) is 13.9. The lowest BCUT2D eigenvalue weighted by Gasteiger charge is -2.13. The van der Waals surface area contributed by atoms with Crippen LogP contribution in [0.4, 0.5) is 17.1 Å². The first kappa shape index (κ1) is 22.2. The van der Waals surface area contributed by atoms with Gasteiger partial charge in [-0.15, -0.1) is 0 Å². The molecule has 0 radical (unpaired) electrons. The SMILES string of the molecule is N=C1C=C(Nc2ccc(NC(=O)c3ccccc3)cc2)C=C/C1=N/Nc1cc(O)cc(O)c1O. The molecule has 0 aliphatic heterocycles. The molecule has 0 heterocycles. The third-order valence-electron chi connectivity index (χ3n) is 4.84. The summed E-state index contributed by atoms with van der Waals surface area (Å²) in [5, 5.41) is 47.2. The molecule has 0 saturated heterocycles. The molecule has 1 amide bonds. The largest absolute Gasteiger partial charge is 0.508 e. The minimum absolute atomic E-state index is 0.00135. The molecule has 1 aliphatic rings. The molecule has 0 fully saturated rings. The van der Waals surface area contributed by atoms with Gasteiger partial charge < -0.3 is 26.0 Å². The van der Waals surface area contributed by atoms with Crippen molar-refractivity contribution in [3.05, 3.63) is 96.2 Å². The number of hydrogen-bond acceptors (Lipinski definition) is 8. The van der Waals surface area contributed by atoms with Crippen molar-refractivity contribution in [3.8, 4) is 17.2 Å². The maximum Gasteiger partial charge on any atom is 0.255 e.